The number of rotatable bonds is 4. The van der Waals surface area contributed by atoms with Gasteiger partial charge in [-0.3, -0.25) is 0 Å². The molecule has 2 nitrogen and oxygen atoms in total. The molecule has 0 radical (unpaired) electrons. The number of aromatic nitrogens is 1. The third-order valence-electron chi connectivity index (χ3n) is 2.41. The van der Waals surface area contributed by atoms with E-state index in [-0.39, 0.29) is 0 Å². The normalized spacial score (nSPS) is 10.2. The molecule has 2 rings (SSSR count). The Kier molecular flexibility index (Phi) is 3.94. The van der Waals surface area contributed by atoms with E-state index in [1.807, 2.05) is 42.6 Å². The molecule has 88 valence electrons. The van der Waals surface area contributed by atoms with Crippen LogP contribution in [-0.2, 0) is 0 Å². The lowest BCUT2D eigenvalue weighted by Crippen LogP contribution is -1.97. The summed E-state index contributed by atoms with van der Waals surface area (Å²) < 4.78 is 6.55. The van der Waals surface area contributed by atoms with Crippen LogP contribution in [0.5, 0.6) is 5.75 Å². The fourth-order valence-electron chi connectivity index (χ4n) is 1.63. The van der Waals surface area contributed by atoms with Crippen LogP contribution < -0.4 is 4.74 Å². The van der Waals surface area contributed by atoms with Gasteiger partial charge in [-0.25, -0.2) is 0 Å². The SMILES string of the molecule is CCCOc1ccccc1-c1cc(=S)cc[nH]1. The van der Waals surface area contributed by atoms with Crippen LogP contribution in [0.2, 0.25) is 0 Å². The highest BCUT2D eigenvalue weighted by molar-refractivity contribution is 7.71. The molecule has 0 spiro atoms. The lowest BCUT2D eigenvalue weighted by molar-refractivity contribution is 0.318. The van der Waals surface area contributed by atoms with Gasteiger partial charge in [0.2, 0.25) is 0 Å². The number of para-hydroxylation sites is 1. The third-order valence-corrected chi connectivity index (χ3v) is 2.67. The molecule has 0 saturated heterocycles. The zero-order valence-electron chi connectivity index (χ0n) is 9.77. The number of pyridine rings is 1. The molecule has 0 fully saturated rings. The van der Waals surface area contributed by atoms with Crippen molar-refractivity contribution in [3.05, 3.63) is 47.1 Å². The largest absolute Gasteiger partial charge is 0.493 e. The van der Waals surface area contributed by atoms with Gasteiger partial charge >= 0.3 is 0 Å². The number of ether oxygens (including phenoxy) is 1. The Hall–Kier alpha value is -1.61. The summed E-state index contributed by atoms with van der Waals surface area (Å²) in [7, 11) is 0. The first-order valence-electron chi connectivity index (χ1n) is 5.72. The van der Waals surface area contributed by atoms with E-state index in [4.69, 9.17) is 17.0 Å². The molecule has 2 aromatic rings. The highest BCUT2D eigenvalue weighted by atomic mass is 32.1. The van der Waals surface area contributed by atoms with Gasteiger partial charge in [-0.1, -0.05) is 31.3 Å². The van der Waals surface area contributed by atoms with Crippen molar-refractivity contribution in [2.75, 3.05) is 6.61 Å². The van der Waals surface area contributed by atoms with Gasteiger partial charge in [-0.05, 0) is 30.7 Å². The molecule has 3 heteroatoms. The van der Waals surface area contributed by atoms with Crippen LogP contribution in [0.25, 0.3) is 11.3 Å². The lowest BCUT2D eigenvalue weighted by Gasteiger charge is -2.10. The average Bonchev–Trinajstić information content (AvgIpc) is 2.37. The van der Waals surface area contributed by atoms with Gasteiger partial charge < -0.3 is 9.72 Å². The van der Waals surface area contributed by atoms with E-state index >= 15 is 0 Å². The van der Waals surface area contributed by atoms with Gasteiger partial charge in [-0.2, -0.15) is 0 Å². The van der Waals surface area contributed by atoms with Crippen molar-refractivity contribution in [2.24, 2.45) is 0 Å². The van der Waals surface area contributed by atoms with Gasteiger partial charge in [0.25, 0.3) is 0 Å². The summed E-state index contributed by atoms with van der Waals surface area (Å²) in [5, 5.41) is 0. The maximum Gasteiger partial charge on any atom is 0.128 e. The molecule has 1 aromatic carbocycles. The van der Waals surface area contributed by atoms with Crippen molar-refractivity contribution >= 4 is 12.2 Å². The number of nitrogens with one attached hydrogen (secondary N) is 1. The van der Waals surface area contributed by atoms with Crippen LogP contribution in [0.3, 0.4) is 0 Å². The monoisotopic (exact) mass is 245 g/mol. The summed E-state index contributed by atoms with van der Waals surface area (Å²) in [5.41, 5.74) is 2.04. The van der Waals surface area contributed by atoms with Crippen molar-refractivity contribution in [2.45, 2.75) is 13.3 Å². The van der Waals surface area contributed by atoms with Crippen LogP contribution in [0, 0.1) is 4.51 Å². The Balaban J connectivity index is 2.40. The van der Waals surface area contributed by atoms with E-state index in [0.717, 1.165) is 34.5 Å². The molecule has 0 saturated carbocycles. The zero-order valence-corrected chi connectivity index (χ0v) is 10.6. The molecular formula is C14H15NOS. The van der Waals surface area contributed by atoms with Crippen molar-refractivity contribution in [3.8, 4) is 17.0 Å². The number of hydrogen-bond acceptors (Lipinski definition) is 2. The molecule has 0 aliphatic heterocycles. The molecular weight excluding hydrogens is 230 g/mol. The van der Waals surface area contributed by atoms with Crippen LogP contribution in [0.1, 0.15) is 13.3 Å². The maximum absolute atomic E-state index is 5.73. The molecule has 0 aliphatic rings. The lowest BCUT2D eigenvalue weighted by atomic mass is 10.1. The van der Waals surface area contributed by atoms with E-state index in [2.05, 4.69) is 11.9 Å². The quantitative estimate of drug-likeness (QED) is 0.817. The zero-order chi connectivity index (χ0) is 12.1. The first kappa shape index (κ1) is 11.9. The molecule has 0 amide bonds. The standard InChI is InChI=1S/C14H15NOS/c1-2-9-16-14-6-4-3-5-12(14)13-10-11(17)7-8-15-13/h3-8,10H,2,9H2,1H3,(H,15,17). The summed E-state index contributed by atoms with van der Waals surface area (Å²) in [4.78, 5) is 3.20. The van der Waals surface area contributed by atoms with Crippen LogP contribution >= 0.6 is 12.2 Å². The topological polar surface area (TPSA) is 25.0 Å². The van der Waals surface area contributed by atoms with E-state index in [9.17, 15) is 0 Å². The number of H-pyrrole nitrogens is 1. The smallest absolute Gasteiger partial charge is 0.128 e. The predicted octanol–water partition coefficient (Wildman–Crippen LogP) is 4.20. The summed E-state index contributed by atoms with van der Waals surface area (Å²) in [6.45, 7) is 2.82. The van der Waals surface area contributed by atoms with Crippen molar-refractivity contribution in [1.82, 2.24) is 4.98 Å². The first-order chi connectivity index (χ1) is 8.31. The van der Waals surface area contributed by atoms with Crippen LogP contribution in [0.4, 0.5) is 0 Å². The van der Waals surface area contributed by atoms with Gasteiger partial charge in [-0.15, -0.1) is 0 Å². The highest BCUT2D eigenvalue weighted by Gasteiger charge is 2.05. The van der Waals surface area contributed by atoms with Gasteiger partial charge in [0.15, 0.2) is 0 Å². The number of aromatic amines is 1. The Morgan fingerprint density at radius 3 is 2.82 bits per heavy atom. The molecule has 0 bridgehead atoms. The van der Waals surface area contributed by atoms with E-state index in [1.165, 1.54) is 0 Å². The summed E-state index contributed by atoms with van der Waals surface area (Å²) in [6, 6.07) is 11.8. The molecule has 0 unspecified atom stereocenters. The van der Waals surface area contributed by atoms with Gasteiger partial charge in [0.05, 0.1) is 12.3 Å². The highest BCUT2D eigenvalue weighted by Crippen LogP contribution is 2.28. The fourth-order valence-corrected chi connectivity index (χ4v) is 1.81. The third kappa shape index (κ3) is 2.94. The maximum atomic E-state index is 5.73. The molecule has 17 heavy (non-hydrogen) atoms. The second kappa shape index (κ2) is 5.64. The van der Waals surface area contributed by atoms with Crippen LogP contribution in [-0.4, -0.2) is 11.6 Å². The Morgan fingerprint density at radius 2 is 2.06 bits per heavy atom. The van der Waals surface area contributed by atoms with Gasteiger partial charge in [0.1, 0.15) is 5.75 Å². The minimum absolute atomic E-state index is 0.727. The Labute approximate surface area is 106 Å². The number of benzene rings is 1. The summed E-state index contributed by atoms with van der Waals surface area (Å²) in [6.07, 6.45) is 2.85. The molecule has 1 heterocycles. The fraction of sp³-hybridized carbons (Fsp3) is 0.214. The van der Waals surface area contributed by atoms with Crippen molar-refractivity contribution in [1.29, 1.82) is 0 Å². The molecule has 1 aromatic heterocycles. The molecule has 0 aliphatic carbocycles. The second-order valence-electron chi connectivity index (χ2n) is 3.78. The molecule has 1 N–H and O–H groups in total. The van der Waals surface area contributed by atoms with E-state index in [0.29, 0.717) is 0 Å². The Morgan fingerprint density at radius 1 is 1.24 bits per heavy atom. The minimum Gasteiger partial charge on any atom is -0.493 e. The summed E-state index contributed by atoms with van der Waals surface area (Å²) >= 11 is 5.17. The number of hydrogen-bond donors (Lipinski definition) is 1. The first-order valence-corrected chi connectivity index (χ1v) is 6.13. The van der Waals surface area contributed by atoms with Crippen molar-refractivity contribution < 1.29 is 4.74 Å². The minimum atomic E-state index is 0.727. The van der Waals surface area contributed by atoms with E-state index < -0.39 is 0 Å². The van der Waals surface area contributed by atoms with Crippen LogP contribution in [0.15, 0.2) is 42.6 Å². The van der Waals surface area contributed by atoms with E-state index in [1.54, 1.807) is 0 Å². The van der Waals surface area contributed by atoms with Crippen molar-refractivity contribution in [3.63, 3.8) is 0 Å². The average molecular weight is 245 g/mol. The Bertz CT molecular complexity index is 548. The summed E-state index contributed by atoms with van der Waals surface area (Å²) in [5.74, 6) is 0.895. The second-order valence-corrected chi connectivity index (χ2v) is 4.25. The van der Waals surface area contributed by atoms with Gasteiger partial charge in [0, 0.05) is 16.3 Å². The predicted molar refractivity (Wildman–Crippen MR) is 72.8 cm³/mol. The molecule has 0 atom stereocenters.